The smallest absolute Gasteiger partial charge is 0.0951 e. The zero-order chi connectivity index (χ0) is 12.7. The molecule has 0 N–H and O–H groups in total. The summed E-state index contributed by atoms with van der Waals surface area (Å²) in [5.41, 5.74) is 1.95. The molecule has 3 heteroatoms. The number of hydrogen-bond donors (Lipinski definition) is 0. The van der Waals surface area contributed by atoms with E-state index >= 15 is 0 Å². The minimum absolute atomic E-state index is 0.403. The van der Waals surface area contributed by atoms with Crippen LogP contribution in [0.5, 0.6) is 0 Å². The van der Waals surface area contributed by atoms with E-state index in [1.54, 1.807) is 0 Å². The lowest BCUT2D eigenvalue weighted by Gasteiger charge is -2.45. The second-order valence-corrected chi connectivity index (χ2v) is 7.26. The maximum absolute atomic E-state index is 5.97. The summed E-state index contributed by atoms with van der Waals surface area (Å²) in [5.74, 6) is 0.553. The van der Waals surface area contributed by atoms with Crippen molar-refractivity contribution in [2.45, 2.75) is 58.9 Å². The van der Waals surface area contributed by atoms with Crippen LogP contribution in [0.25, 0.3) is 0 Å². The van der Waals surface area contributed by atoms with Gasteiger partial charge in [-0.25, -0.2) is 4.98 Å². The molecule has 1 aliphatic rings. The number of nitrogens with zero attached hydrogens (tertiary/aromatic N) is 2. The van der Waals surface area contributed by atoms with Crippen molar-refractivity contribution in [1.29, 1.82) is 0 Å². The molecule has 0 spiro atoms. The van der Waals surface area contributed by atoms with Crippen LogP contribution in [-0.4, -0.2) is 9.55 Å². The van der Waals surface area contributed by atoms with Gasteiger partial charge in [0, 0.05) is 12.2 Å². The highest BCUT2D eigenvalue weighted by Crippen LogP contribution is 2.50. The van der Waals surface area contributed by atoms with Gasteiger partial charge in [-0.2, -0.15) is 0 Å². The Labute approximate surface area is 109 Å². The second-order valence-electron chi connectivity index (χ2n) is 6.99. The molecule has 1 aromatic heterocycles. The van der Waals surface area contributed by atoms with Gasteiger partial charge >= 0.3 is 0 Å². The van der Waals surface area contributed by atoms with Gasteiger partial charge in [0.25, 0.3) is 0 Å². The second kappa shape index (κ2) is 4.31. The van der Waals surface area contributed by atoms with E-state index in [0.29, 0.717) is 22.8 Å². The first-order valence-corrected chi connectivity index (χ1v) is 6.93. The SMILES string of the molecule is CC1(C)CC(n2cncc2CCl)CC(C)(C)C1. The zero-order valence-electron chi connectivity index (χ0n) is 11.3. The molecule has 0 amide bonds. The molecule has 1 aliphatic carbocycles. The lowest BCUT2D eigenvalue weighted by molar-refractivity contribution is 0.0715. The quantitative estimate of drug-likeness (QED) is 0.716. The average molecular weight is 255 g/mol. The highest BCUT2D eigenvalue weighted by Gasteiger charge is 2.39. The molecule has 0 aliphatic heterocycles. The fraction of sp³-hybridized carbons (Fsp3) is 0.786. The maximum Gasteiger partial charge on any atom is 0.0951 e. The highest BCUT2D eigenvalue weighted by molar-refractivity contribution is 6.16. The van der Waals surface area contributed by atoms with Crippen LogP contribution < -0.4 is 0 Å². The third kappa shape index (κ3) is 2.85. The van der Waals surface area contributed by atoms with E-state index in [1.807, 2.05) is 12.5 Å². The Morgan fingerprint density at radius 3 is 2.41 bits per heavy atom. The van der Waals surface area contributed by atoms with Crippen molar-refractivity contribution >= 4 is 11.6 Å². The van der Waals surface area contributed by atoms with Crippen LogP contribution in [-0.2, 0) is 5.88 Å². The fourth-order valence-electron chi connectivity index (χ4n) is 3.75. The first-order chi connectivity index (χ1) is 7.83. The summed E-state index contributed by atoms with van der Waals surface area (Å²) in [5, 5.41) is 0. The van der Waals surface area contributed by atoms with Gasteiger partial charge in [0.15, 0.2) is 0 Å². The van der Waals surface area contributed by atoms with Gasteiger partial charge in [0.05, 0.1) is 17.9 Å². The topological polar surface area (TPSA) is 17.8 Å². The molecule has 0 saturated heterocycles. The zero-order valence-corrected chi connectivity index (χ0v) is 12.1. The number of imidazole rings is 1. The average Bonchev–Trinajstić information content (AvgIpc) is 2.59. The molecule has 0 radical (unpaired) electrons. The summed E-state index contributed by atoms with van der Waals surface area (Å²) < 4.78 is 2.29. The van der Waals surface area contributed by atoms with Gasteiger partial charge in [0.1, 0.15) is 0 Å². The third-order valence-electron chi connectivity index (χ3n) is 3.81. The monoisotopic (exact) mass is 254 g/mol. The largest absolute Gasteiger partial charge is 0.330 e. The number of aromatic nitrogens is 2. The molecular weight excluding hydrogens is 232 g/mol. The molecule has 0 bridgehead atoms. The van der Waals surface area contributed by atoms with E-state index in [4.69, 9.17) is 11.6 Å². The Morgan fingerprint density at radius 2 is 1.88 bits per heavy atom. The Balaban J connectivity index is 2.27. The molecular formula is C14H23ClN2. The molecule has 17 heavy (non-hydrogen) atoms. The first-order valence-electron chi connectivity index (χ1n) is 6.40. The van der Waals surface area contributed by atoms with Crippen LogP contribution >= 0.6 is 11.6 Å². The van der Waals surface area contributed by atoms with Gasteiger partial charge in [0.2, 0.25) is 0 Å². The van der Waals surface area contributed by atoms with Crippen LogP contribution in [0.3, 0.4) is 0 Å². The summed E-state index contributed by atoms with van der Waals surface area (Å²) in [4.78, 5) is 4.24. The summed E-state index contributed by atoms with van der Waals surface area (Å²) in [6.45, 7) is 9.49. The van der Waals surface area contributed by atoms with E-state index in [-0.39, 0.29) is 0 Å². The summed E-state index contributed by atoms with van der Waals surface area (Å²) >= 11 is 5.97. The molecule has 1 heterocycles. The standard InChI is InChI=1S/C14H23ClN2/c1-13(2)5-11(6-14(3,4)9-13)17-10-16-8-12(17)7-15/h8,10-11H,5-7,9H2,1-4H3. The van der Waals surface area contributed by atoms with Crippen LogP contribution in [0.1, 0.15) is 58.7 Å². The summed E-state index contributed by atoms with van der Waals surface area (Å²) in [7, 11) is 0. The van der Waals surface area contributed by atoms with Crippen molar-refractivity contribution in [2.24, 2.45) is 10.8 Å². The molecule has 1 fully saturated rings. The fourth-order valence-corrected chi connectivity index (χ4v) is 3.96. The Morgan fingerprint density at radius 1 is 1.29 bits per heavy atom. The van der Waals surface area contributed by atoms with Crippen molar-refractivity contribution in [2.75, 3.05) is 0 Å². The predicted octanol–water partition coefficient (Wildman–Crippen LogP) is 4.40. The minimum atomic E-state index is 0.403. The summed E-state index contributed by atoms with van der Waals surface area (Å²) in [6.07, 6.45) is 7.57. The number of halogens is 1. The van der Waals surface area contributed by atoms with Crippen LogP contribution in [0.2, 0.25) is 0 Å². The Kier molecular flexibility index (Phi) is 3.28. The van der Waals surface area contributed by atoms with Crippen molar-refractivity contribution in [1.82, 2.24) is 9.55 Å². The molecule has 96 valence electrons. The van der Waals surface area contributed by atoms with Crippen LogP contribution in [0.15, 0.2) is 12.5 Å². The Hall–Kier alpha value is -0.500. The Bertz CT molecular complexity index is 377. The van der Waals surface area contributed by atoms with Gasteiger partial charge in [-0.3, -0.25) is 0 Å². The number of rotatable bonds is 2. The maximum atomic E-state index is 5.97. The molecule has 1 aromatic rings. The molecule has 2 rings (SSSR count). The predicted molar refractivity (Wildman–Crippen MR) is 72.2 cm³/mol. The minimum Gasteiger partial charge on any atom is -0.330 e. The lowest BCUT2D eigenvalue weighted by atomic mass is 9.63. The van der Waals surface area contributed by atoms with E-state index in [2.05, 4.69) is 37.2 Å². The van der Waals surface area contributed by atoms with Crippen molar-refractivity contribution in [3.8, 4) is 0 Å². The molecule has 0 aromatic carbocycles. The normalized spacial score (nSPS) is 23.8. The highest BCUT2D eigenvalue weighted by atomic mass is 35.5. The summed E-state index contributed by atoms with van der Waals surface area (Å²) in [6, 6.07) is 0.546. The van der Waals surface area contributed by atoms with E-state index in [9.17, 15) is 0 Å². The van der Waals surface area contributed by atoms with Crippen molar-refractivity contribution in [3.05, 3.63) is 18.2 Å². The molecule has 0 atom stereocenters. The third-order valence-corrected chi connectivity index (χ3v) is 4.08. The van der Waals surface area contributed by atoms with Crippen LogP contribution in [0, 0.1) is 10.8 Å². The first kappa shape index (κ1) is 12.9. The van der Waals surface area contributed by atoms with Crippen molar-refractivity contribution in [3.63, 3.8) is 0 Å². The van der Waals surface area contributed by atoms with Gasteiger partial charge in [-0.15, -0.1) is 11.6 Å². The van der Waals surface area contributed by atoms with Gasteiger partial charge in [-0.1, -0.05) is 27.7 Å². The van der Waals surface area contributed by atoms with Crippen molar-refractivity contribution < 1.29 is 0 Å². The number of alkyl halides is 1. The van der Waals surface area contributed by atoms with Gasteiger partial charge in [-0.05, 0) is 30.1 Å². The van der Waals surface area contributed by atoms with E-state index in [1.165, 1.54) is 19.3 Å². The van der Waals surface area contributed by atoms with Crippen LogP contribution in [0.4, 0.5) is 0 Å². The molecule has 0 unspecified atom stereocenters. The molecule has 2 nitrogen and oxygen atoms in total. The molecule has 1 saturated carbocycles. The van der Waals surface area contributed by atoms with E-state index in [0.717, 1.165) is 5.69 Å². The number of hydrogen-bond acceptors (Lipinski definition) is 1. The van der Waals surface area contributed by atoms with E-state index < -0.39 is 0 Å². The lowest BCUT2D eigenvalue weighted by Crippen LogP contribution is -2.35. The van der Waals surface area contributed by atoms with Gasteiger partial charge < -0.3 is 4.57 Å².